The van der Waals surface area contributed by atoms with Crippen LogP contribution >= 0.6 is 0 Å². The minimum Gasteiger partial charge on any atom is -0.373 e. The Morgan fingerprint density at radius 2 is 0.614 bits per heavy atom. The summed E-state index contributed by atoms with van der Waals surface area (Å²) in [5.74, 6) is 0. The van der Waals surface area contributed by atoms with Crippen LogP contribution in [0.4, 0.5) is 0 Å². The highest BCUT2D eigenvalue weighted by Crippen LogP contribution is 2.40. The minimum atomic E-state index is -3.54. The Morgan fingerprint density at radius 1 is 0.432 bits per heavy atom. The summed E-state index contributed by atoms with van der Waals surface area (Å²) in [6.45, 7) is 18.9. The molecule has 5 saturated heterocycles. The summed E-state index contributed by atoms with van der Waals surface area (Å²) in [6.07, 6.45) is 6.37. The van der Waals surface area contributed by atoms with Crippen molar-refractivity contribution in [1.29, 1.82) is 0 Å². The molecule has 12 nitrogen and oxygen atoms in total. The molecular weight excluding hydrogens is 641 g/mol. The second-order valence-electron chi connectivity index (χ2n) is 13.1. The van der Waals surface area contributed by atoms with Crippen LogP contribution in [-0.4, -0.2) is 110 Å². The van der Waals surface area contributed by atoms with Crippen LogP contribution in [0.3, 0.4) is 0 Å². The fourth-order valence-electron chi connectivity index (χ4n) is 6.22. The average molecular weight is 697 g/mol. The van der Waals surface area contributed by atoms with Gasteiger partial charge < -0.3 is 53.1 Å². The number of hydrogen-bond acceptors (Lipinski definition) is 12. The van der Waals surface area contributed by atoms with Gasteiger partial charge in [0.1, 0.15) is 24.4 Å². The van der Waals surface area contributed by atoms with Crippen molar-refractivity contribution in [2.75, 3.05) is 26.4 Å². The van der Waals surface area contributed by atoms with E-state index in [2.05, 4.69) is 27.7 Å². The summed E-state index contributed by atoms with van der Waals surface area (Å²) >= 11 is 0. The van der Waals surface area contributed by atoms with E-state index >= 15 is 0 Å². The van der Waals surface area contributed by atoms with Crippen molar-refractivity contribution in [3.05, 3.63) is 0 Å². The summed E-state index contributed by atoms with van der Waals surface area (Å²) in [5.41, 5.74) is 0. The summed E-state index contributed by atoms with van der Waals surface area (Å²) in [7, 11) is -14.2. The smallest absolute Gasteiger partial charge is 0.373 e. The van der Waals surface area contributed by atoms with Gasteiger partial charge in [0.25, 0.3) is 0 Å². The highest BCUT2D eigenvalue weighted by atomic mass is 28.6. The molecule has 8 unspecified atom stereocenters. The lowest BCUT2D eigenvalue weighted by Gasteiger charge is -2.49. The summed E-state index contributed by atoms with van der Waals surface area (Å²) in [6, 6.07) is 0. The fourth-order valence-corrected chi connectivity index (χ4v) is 24.0. The molecule has 5 fully saturated rings. The minimum absolute atomic E-state index is 0.0122. The van der Waals surface area contributed by atoms with Crippen LogP contribution in [-0.2, 0) is 53.1 Å². The van der Waals surface area contributed by atoms with Crippen LogP contribution in [0.15, 0.2) is 0 Å². The molecule has 44 heavy (non-hydrogen) atoms. The van der Waals surface area contributed by atoms with Gasteiger partial charge in [-0.3, -0.25) is 0 Å². The lowest BCUT2D eigenvalue weighted by Crippen LogP contribution is -2.72. The fraction of sp³-hybridized carbons (Fsp3) is 1.00. The highest BCUT2D eigenvalue weighted by Gasteiger charge is 2.65. The van der Waals surface area contributed by atoms with E-state index in [0.29, 0.717) is 26.4 Å². The van der Waals surface area contributed by atoms with Crippen LogP contribution in [0.1, 0.15) is 79.1 Å². The molecule has 0 aromatic rings. The lowest BCUT2D eigenvalue weighted by atomic mass is 10.2. The first-order chi connectivity index (χ1) is 20.9. The Hall–Kier alpha value is 0.388. The van der Waals surface area contributed by atoms with Gasteiger partial charge >= 0.3 is 35.2 Å². The molecule has 0 aliphatic carbocycles. The van der Waals surface area contributed by atoms with Crippen LogP contribution in [0.2, 0.25) is 26.2 Å². The average Bonchev–Trinajstić information content (AvgIpc) is 3.76. The number of hydrogen-bond donors (Lipinski definition) is 0. The third kappa shape index (κ3) is 10.2. The van der Waals surface area contributed by atoms with Crippen LogP contribution in [0.25, 0.3) is 0 Å². The van der Waals surface area contributed by atoms with E-state index in [1.54, 1.807) is 0 Å². The third-order valence-corrected chi connectivity index (χ3v) is 23.1. The normalized spacial score (nSPS) is 42.5. The molecule has 256 valence electrons. The Balaban J connectivity index is 1.49. The molecule has 5 rings (SSSR count). The quantitative estimate of drug-likeness (QED) is 0.130. The van der Waals surface area contributed by atoms with E-state index in [1.165, 1.54) is 0 Å². The predicted molar refractivity (Wildman–Crippen MR) is 169 cm³/mol. The summed E-state index contributed by atoms with van der Waals surface area (Å²) in [4.78, 5) is 0. The maximum Gasteiger partial charge on any atom is 0.483 e. The molecule has 0 spiro atoms. The van der Waals surface area contributed by atoms with Crippen molar-refractivity contribution in [2.24, 2.45) is 0 Å². The molecule has 5 aliphatic heterocycles. The van der Waals surface area contributed by atoms with Crippen molar-refractivity contribution >= 4 is 35.2 Å². The maximum absolute atomic E-state index is 7.05. The monoisotopic (exact) mass is 696 g/mol. The van der Waals surface area contributed by atoms with Crippen molar-refractivity contribution in [2.45, 2.75) is 154 Å². The standard InChI is InChI=1S/C28H56O12Si4/c1-9-13-21(25-17-29-25)33-41(5)37-42(6,34-22(14-10-2)26-18-30-26)39-44(8,36-24(16-12-4)28-20-32-28)40-43(7,38-41)35-23(15-11-3)27-19-31-27/h21-28H,9-20H2,1-8H3. The SMILES string of the molecule is CCCC(O[Si]1(C)O[Si](C)(OC(CCC)C2CO2)O[Si](C)(OC(CCC)C2CO2)O[Si](C)(OC(CCC)C2CO2)O1)C1CO1. The Bertz CT molecular complexity index is 767. The molecule has 5 heterocycles. The Labute approximate surface area is 268 Å². The largest absolute Gasteiger partial charge is 0.483 e. The first-order valence-electron chi connectivity index (χ1n) is 16.9. The maximum atomic E-state index is 7.05. The van der Waals surface area contributed by atoms with E-state index in [1.807, 2.05) is 26.2 Å². The van der Waals surface area contributed by atoms with Gasteiger partial charge in [0.15, 0.2) is 0 Å². The van der Waals surface area contributed by atoms with Crippen LogP contribution in [0.5, 0.6) is 0 Å². The molecule has 16 heteroatoms. The van der Waals surface area contributed by atoms with Gasteiger partial charge in [0, 0.05) is 26.2 Å². The molecule has 0 saturated carbocycles. The van der Waals surface area contributed by atoms with E-state index in [9.17, 15) is 0 Å². The van der Waals surface area contributed by atoms with Crippen molar-refractivity contribution < 1.29 is 53.1 Å². The zero-order valence-corrected chi connectivity index (χ0v) is 32.0. The molecule has 0 aromatic heterocycles. The zero-order valence-electron chi connectivity index (χ0n) is 28.0. The second kappa shape index (κ2) is 14.9. The van der Waals surface area contributed by atoms with Crippen molar-refractivity contribution in [1.82, 2.24) is 0 Å². The van der Waals surface area contributed by atoms with Gasteiger partial charge in [0.2, 0.25) is 0 Å². The van der Waals surface area contributed by atoms with Crippen molar-refractivity contribution in [3.8, 4) is 0 Å². The van der Waals surface area contributed by atoms with Gasteiger partial charge in [-0.05, 0) is 25.7 Å². The second-order valence-corrected chi connectivity index (χ2v) is 24.2. The van der Waals surface area contributed by atoms with Gasteiger partial charge in [-0.2, -0.15) is 0 Å². The van der Waals surface area contributed by atoms with Gasteiger partial charge in [-0.1, -0.05) is 53.4 Å². The topological polar surface area (TPSA) is 124 Å². The Morgan fingerprint density at radius 3 is 0.750 bits per heavy atom. The van der Waals surface area contributed by atoms with Gasteiger partial charge in [0.05, 0.1) is 50.8 Å². The molecule has 0 amide bonds. The van der Waals surface area contributed by atoms with Gasteiger partial charge in [-0.25, -0.2) is 0 Å². The first kappa shape index (κ1) is 35.7. The van der Waals surface area contributed by atoms with Crippen LogP contribution in [0, 0.1) is 0 Å². The van der Waals surface area contributed by atoms with E-state index < -0.39 is 35.2 Å². The molecule has 0 aromatic carbocycles. The first-order valence-corrected chi connectivity index (χ1v) is 25.8. The van der Waals surface area contributed by atoms with E-state index in [0.717, 1.165) is 51.4 Å². The molecule has 5 aliphatic rings. The van der Waals surface area contributed by atoms with E-state index in [-0.39, 0.29) is 48.8 Å². The van der Waals surface area contributed by atoms with Crippen LogP contribution < -0.4 is 0 Å². The molecular formula is C28H56O12Si4. The van der Waals surface area contributed by atoms with Gasteiger partial charge in [-0.15, -0.1) is 0 Å². The molecule has 0 N–H and O–H groups in total. The zero-order chi connectivity index (χ0) is 31.6. The molecule has 0 bridgehead atoms. The molecule has 0 radical (unpaired) electrons. The van der Waals surface area contributed by atoms with Crippen molar-refractivity contribution in [3.63, 3.8) is 0 Å². The summed E-state index contributed by atoms with van der Waals surface area (Å²) < 4.78 is 78.4. The predicted octanol–water partition coefficient (Wildman–Crippen LogP) is 4.68. The van der Waals surface area contributed by atoms with E-state index in [4.69, 9.17) is 53.1 Å². The third-order valence-electron chi connectivity index (χ3n) is 8.33. The number of epoxide rings is 4. The molecule has 8 atom stereocenters. The number of rotatable bonds is 20. The number of ether oxygens (including phenoxy) is 4. The lowest BCUT2D eigenvalue weighted by molar-refractivity contribution is -0.0292. The summed E-state index contributed by atoms with van der Waals surface area (Å²) in [5, 5.41) is 0. The highest BCUT2D eigenvalue weighted by molar-refractivity contribution is 6.88. The Kier molecular flexibility index (Phi) is 12.1.